The second-order valence-electron chi connectivity index (χ2n) is 4.01. The summed E-state index contributed by atoms with van der Waals surface area (Å²) in [6, 6.07) is 6.75. The van der Waals surface area contributed by atoms with Crippen LogP contribution in [0.2, 0.25) is 0 Å². The van der Waals surface area contributed by atoms with Crippen molar-refractivity contribution in [3.63, 3.8) is 0 Å². The Kier molecular flexibility index (Phi) is 3.27. The maximum Gasteiger partial charge on any atom is 0.292 e. The molecule has 94 valence electrons. The predicted octanol–water partition coefficient (Wildman–Crippen LogP) is 2.81. The topological polar surface area (TPSA) is 81.2 Å². The van der Waals surface area contributed by atoms with Gasteiger partial charge in [-0.3, -0.25) is 10.1 Å². The van der Waals surface area contributed by atoms with Crippen LogP contribution < -0.4 is 5.32 Å². The van der Waals surface area contributed by atoms with Crippen LogP contribution in [0.1, 0.15) is 17.0 Å². The summed E-state index contributed by atoms with van der Waals surface area (Å²) in [6.45, 7) is 4.01. The second-order valence-corrected chi connectivity index (χ2v) is 4.01. The van der Waals surface area contributed by atoms with Crippen molar-refractivity contribution in [1.29, 1.82) is 0 Å². The van der Waals surface area contributed by atoms with Crippen LogP contribution in [0.15, 0.2) is 28.8 Å². The van der Waals surface area contributed by atoms with E-state index < -0.39 is 4.92 Å². The van der Waals surface area contributed by atoms with Crippen LogP contribution >= 0.6 is 0 Å². The van der Waals surface area contributed by atoms with E-state index >= 15 is 0 Å². The number of nitro groups is 1. The average molecular weight is 247 g/mol. The Hall–Kier alpha value is -2.37. The highest BCUT2D eigenvalue weighted by molar-refractivity contribution is 5.65. The molecule has 2 rings (SSSR count). The zero-order chi connectivity index (χ0) is 13.1. The summed E-state index contributed by atoms with van der Waals surface area (Å²) >= 11 is 0. The molecule has 0 aliphatic rings. The van der Waals surface area contributed by atoms with Crippen molar-refractivity contribution in [3.05, 3.63) is 51.4 Å². The molecule has 0 aliphatic carbocycles. The summed E-state index contributed by atoms with van der Waals surface area (Å²) in [6.07, 6.45) is 0. The van der Waals surface area contributed by atoms with Crippen LogP contribution in [0.5, 0.6) is 0 Å². The first kappa shape index (κ1) is 12.1. The van der Waals surface area contributed by atoms with Crippen molar-refractivity contribution in [2.45, 2.75) is 20.4 Å². The molecule has 0 saturated heterocycles. The number of hydrogen-bond acceptors (Lipinski definition) is 5. The molecule has 1 aromatic carbocycles. The summed E-state index contributed by atoms with van der Waals surface area (Å²) in [5, 5.41) is 17.8. The predicted molar refractivity (Wildman–Crippen MR) is 66.4 cm³/mol. The monoisotopic (exact) mass is 247 g/mol. The van der Waals surface area contributed by atoms with E-state index in [-0.39, 0.29) is 5.69 Å². The Labute approximate surface area is 104 Å². The molecule has 0 aliphatic heterocycles. The Bertz CT molecular complexity index is 578. The Morgan fingerprint density at radius 3 is 2.83 bits per heavy atom. The molecule has 6 nitrogen and oxygen atoms in total. The van der Waals surface area contributed by atoms with Gasteiger partial charge in [0.05, 0.1) is 11.5 Å². The van der Waals surface area contributed by atoms with Gasteiger partial charge in [0.25, 0.3) is 5.69 Å². The molecule has 0 spiro atoms. The number of nitrogens with zero attached hydrogens (tertiary/aromatic N) is 2. The van der Waals surface area contributed by atoms with Crippen LogP contribution in [0, 0.1) is 24.0 Å². The second kappa shape index (κ2) is 4.87. The molecule has 0 radical (unpaired) electrons. The van der Waals surface area contributed by atoms with Crippen LogP contribution in [0.25, 0.3) is 0 Å². The van der Waals surface area contributed by atoms with Crippen molar-refractivity contribution >= 4 is 11.4 Å². The number of aryl methyl sites for hydroxylation is 2. The number of rotatable bonds is 4. The first-order valence-electron chi connectivity index (χ1n) is 5.48. The fourth-order valence-corrected chi connectivity index (χ4v) is 1.71. The summed E-state index contributed by atoms with van der Waals surface area (Å²) in [4.78, 5) is 10.5. The number of aromatic nitrogens is 1. The first-order chi connectivity index (χ1) is 8.58. The van der Waals surface area contributed by atoms with E-state index in [1.165, 1.54) is 6.07 Å². The largest absolute Gasteiger partial charge is 0.373 e. The summed E-state index contributed by atoms with van der Waals surface area (Å²) in [7, 11) is 0. The lowest BCUT2D eigenvalue weighted by Crippen LogP contribution is -2.04. The van der Waals surface area contributed by atoms with Crippen molar-refractivity contribution in [3.8, 4) is 0 Å². The quantitative estimate of drug-likeness (QED) is 0.663. The maximum atomic E-state index is 10.9. The van der Waals surface area contributed by atoms with E-state index in [4.69, 9.17) is 4.52 Å². The third-order valence-corrected chi connectivity index (χ3v) is 2.57. The van der Waals surface area contributed by atoms with Gasteiger partial charge in [0.2, 0.25) is 0 Å². The molecule has 0 amide bonds. The minimum Gasteiger partial charge on any atom is -0.373 e. The first-order valence-corrected chi connectivity index (χ1v) is 5.48. The number of benzene rings is 1. The molecule has 0 saturated carbocycles. The Morgan fingerprint density at radius 1 is 1.44 bits per heavy atom. The number of para-hydroxylation sites is 1. The highest BCUT2D eigenvalue weighted by Gasteiger charge is 2.15. The maximum absolute atomic E-state index is 10.9. The summed E-state index contributed by atoms with van der Waals surface area (Å²) in [5.41, 5.74) is 2.12. The molecular weight excluding hydrogens is 234 g/mol. The normalized spacial score (nSPS) is 10.3. The standard InChI is InChI=1S/C12H13N3O3/c1-8-4-3-5-11(15(16)17)12(8)13-7-10-6-9(2)18-14-10/h3-6,13H,7H2,1-2H3. The summed E-state index contributed by atoms with van der Waals surface area (Å²) in [5.74, 6) is 0.714. The van der Waals surface area contributed by atoms with Crippen molar-refractivity contribution in [2.75, 3.05) is 5.32 Å². The fraction of sp³-hybridized carbons (Fsp3) is 0.250. The third kappa shape index (κ3) is 2.48. The lowest BCUT2D eigenvalue weighted by molar-refractivity contribution is -0.384. The van der Waals surface area contributed by atoms with Gasteiger partial charge in [-0.15, -0.1) is 0 Å². The minimum atomic E-state index is -0.399. The van der Waals surface area contributed by atoms with E-state index in [2.05, 4.69) is 10.5 Å². The number of nitrogens with one attached hydrogen (secondary N) is 1. The molecule has 1 aromatic heterocycles. The molecule has 0 unspecified atom stereocenters. The SMILES string of the molecule is Cc1cc(CNc2c(C)cccc2[N+](=O)[O-])no1. The van der Waals surface area contributed by atoms with Crippen LogP contribution in [-0.2, 0) is 6.54 Å². The lowest BCUT2D eigenvalue weighted by atomic mass is 10.1. The molecule has 0 fully saturated rings. The zero-order valence-electron chi connectivity index (χ0n) is 10.1. The minimum absolute atomic E-state index is 0.0650. The Morgan fingerprint density at radius 2 is 2.22 bits per heavy atom. The van der Waals surface area contributed by atoms with E-state index in [1.54, 1.807) is 19.1 Å². The van der Waals surface area contributed by atoms with Gasteiger partial charge in [-0.1, -0.05) is 17.3 Å². The van der Waals surface area contributed by atoms with Gasteiger partial charge >= 0.3 is 0 Å². The summed E-state index contributed by atoms with van der Waals surface area (Å²) < 4.78 is 4.94. The van der Waals surface area contributed by atoms with Crippen molar-refractivity contribution in [2.24, 2.45) is 0 Å². The zero-order valence-corrected chi connectivity index (χ0v) is 10.1. The molecule has 1 heterocycles. The third-order valence-electron chi connectivity index (χ3n) is 2.57. The van der Waals surface area contributed by atoms with E-state index in [1.807, 2.05) is 13.0 Å². The van der Waals surface area contributed by atoms with Crippen LogP contribution in [0.4, 0.5) is 11.4 Å². The smallest absolute Gasteiger partial charge is 0.292 e. The van der Waals surface area contributed by atoms with Gasteiger partial charge in [0.1, 0.15) is 17.1 Å². The molecule has 1 N–H and O–H groups in total. The van der Waals surface area contributed by atoms with E-state index in [0.717, 1.165) is 5.56 Å². The van der Waals surface area contributed by atoms with Gasteiger partial charge in [-0.2, -0.15) is 0 Å². The molecular formula is C12H13N3O3. The van der Waals surface area contributed by atoms with Gasteiger partial charge in [-0.05, 0) is 19.4 Å². The highest BCUT2D eigenvalue weighted by Crippen LogP contribution is 2.27. The number of nitro benzene ring substituents is 1. The van der Waals surface area contributed by atoms with Gasteiger partial charge in [-0.25, -0.2) is 0 Å². The molecule has 6 heteroatoms. The molecule has 0 atom stereocenters. The van der Waals surface area contributed by atoms with E-state index in [0.29, 0.717) is 23.7 Å². The van der Waals surface area contributed by atoms with Crippen molar-refractivity contribution in [1.82, 2.24) is 5.16 Å². The number of anilines is 1. The molecule has 18 heavy (non-hydrogen) atoms. The van der Waals surface area contributed by atoms with Crippen LogP contribution in [0.3, 0.4) is 0 Å². The Balaban J connectivity index is 2.20. The average Bonchev–Trinajstić information content (AvgIpc) is 2.73. The molecule has 2 aromatic rings. The highest BCUT2D eigenvalue weighted by atomic mass is 16.6. The lowest BCUT2D eigenvalue weighted by Gasteiger charge is -2.08. The molecule has 0 bridgehead atoms. The van der Waals surface area contributed by atoms with Gasteiger partial charge < -0.3 is 9.84 Å². The van der Waals surface area contributed by atoms with Crippen LogP contribution in [-0.4, -0.2) is 10.1 Å². The van der Waals surface area contributed by atoms with Gasteiger partial charge in [0.15, 0.2) is 0 Å². The number of hydrogen-bond donors (Lipinski definition) is 1. The van der Waals surface area contributed by atoms with Crippen molar-refractivity contribution < 1.29 is 9.45 Å². The van der Waals surface area contributed by atoms with Gasteiger partial charge in [0, 0.05) is 12.1 Å². The van der Waals surface area contributed by atoms with E-state index in [9.17, 15) is 10.1 Å². The fourth-order valence-electron chi connectivity index (χ4n) is 1.71.